The van der Waals surface area contributed by atoms with Crippen LogP contribution >= 0.6 is 0 Å². The number of carbonyl (C=O) groups excluding carboxylic acids is 1. The van der Waals surface area contributed by atoms with E-state index in [9.17, 15) is 4.79 Å². The molecule has 0 aliphatic heterocycles. The van der Waals surface area contributed by atoms with Crippen molar-refractivity contribution in [2.24, 2.45) is 10.8 Å². The predicted molar refractivity (Wildman–Crippen MR) is 90.2 cm³/mol. The van der Waals surface area contributed by atoms with Crippen LogP contribution < -0.4 is 10.1 Å². The Morgan fingerprint density at radius 1 is 1.23 bits per heavy atom. The fourth-order valence-corrected chi connectivity index (χ4v) is 3.79. The second kappa shape index (κ2) is 6.72. The Kier molecular flexibility index (Phi) is 5.15. The van der Waals surface area contributed by atoms with Crippen LogP contribution in [0.3, 0.4) is 0 Å². The number of para-hydroxylation sites is 1. The quantitative estimate of drug-likeness (QED) is 0.855. The van der Waals surface area contributed by atoms with E-state index in [1.807, 2.05) is 24.3 Å². The first-order chi connectivity index (χ1) is 10.3. The van der Waals surface area contributed by atoms with Crippen molar-refractivity contribution >= 4 is 6.09 Å². The number of hydrogen-bond acceptors (Lipinski definition) is 2. The second-order valence-corrected chi connectivity index (χ2v) is 7.71. The topological polar surface area (TPSA) is 38.3 Å². The number of aryl methyl sites for hydroxylation is 1. The van der Waals surface area contributed by atoms with Gasteiger partial charge < -0.3 is 10.1 Å². The highest BCUT2D eigenvalue weighted by atomic mass is 16.6. The highest BCUT2D eigenvalue weighted by molar-refractivity contribution is 5.70. The molecule has 1 saturated carbocycles. The fourth-order valence-electron chi connectivity index (χ4n) is 3.79. The molecule has 3 heteroatoms. The Bertz CT molecular complexity index is 524. The summed E-state index contributed by atoms with van der Waals surface area (Å²) in [6, 6.07) is 7.71. The summed E-state index contributed by atoms with van der Waals surface area (Å²) >= 11 is 0. The van der Waals surface area contributed by atoms with Crippen molar-refractivity contribution in [1.82, 2.24) is 5.32 Å². The Morgan fingerprint density at radius 2 is 1.95 bits per heavy atom. The molecule has 1 fully saturated rings. The van der Waals surface area contributed by atoms with E-state index in [0.29, 0.717) is 17.7 Å². The molecule has 0 heterocycles. The van der Waals surface area contributed by atoms with Gasteiger partial charge in [-0.25, -0.2) is 4.79 Å². The number of ether oxygens (including phenoxy) is 1. The summed E-state index contributed by atoms with van der Waals surface area (Å²) in [4.78, 5) is 12.1. The molecule has 1 unspecified atom stereocenters. The molecule has 1 aromatic rings. The summed E-state index contributed by atoms with van der Waals surface area (Å²) in [5, 5.41) is 2.97. The number of hydrogen-bond donors (Lipinski definition) is 1. The Morgan fingerprint density at radius 3 is 2.64 bits per heavy atom. The first kappa shape index (κ1) is 16.9. The van der Waals surface area contributed by atoms with Gasteiger partial charge in [0.2, 0.25) is 0 Å². The number of benzene rings is 1. The normalized spacial score (nSPS) is 23.8. The molecule has 22 heavy (non-hydrogen) atoms. The van der Waals surface area contributed by atoms with E-state index in [2.05, 4.69) is 33.0 Å². The largest absolute Gasteiger partial charge is 0.412 e. The van der Waals surface area contributed by atoms with Gasteiger partial charge in [0.05, 0.1) is 0 Å². The van der Waals surface area contributed by atoms with Crippen LogP contribution in [0.25, 0.3) is 0 Å². The summed E-state index contributed by atoms with van der Waals surface area (Å²) in [5.41, 5.74) is 1.60. The Labute approximate surface area is 134 Å². The van der Waals surface area contributed by atoms with Gasteiger partial charge in [-0.1, -0.05) is 52.3 Å². The van der Waals surface area contributed by atoms with E-state index in [1.165, 1.54) is 19.3 Å². The molecule has 3 nitrogen and oxygen atoms in total. The van der Waals surface area contributed by atoms with Crippen LogP contribution in [0.1, 0.15) is 58.9 Å². The third-order valence-electron chi connectivity index (χ3n) is 4.75. The zero-order valence-electron chi connectivity index (χ0n) is 14.4. The van der Waals surface area contributed by atoms with Crippen LogP contribution in [0.15, 0.2) is 24.3 Å². The average molecular weight is 303 g/mol. The molecule has 1 atom stereocenters. The van der Waals surface area contributed by atoms with Crippen molar-refractivity contribution in [2.45, 2.75) is 59.8 Å². The lowest BCUT2D eigenvalue weighted by Gasteiger charge is -2.42. The zero-order chi connectivity index (χ0) is 16.2. The molecule has 1 amide bonds. The molecule has 0 spiro atoms. The Balaban J connectivity index is 1.90. The van der Waals surface area contributed by atoms with Crippen molar-refractivity contribution in [3.63, 3.8) is 0 Å². The lowest BCUT2D eigenvalue weighted by molar-refractivity contribution is 0.0969. The molecule has 0 saturated heterocycles. The van der Waals surface area contributed by atoms with E-state index in [4.69, 9.17) is 4.74 Å². The minimum atomic E-state index is -0.342. The molecular formula is C19H29NO2. The first-order valence-electron chi connectivity index (χ1n) is 8.37. The van der Waals surface area contributed by atoms with Crippen molar-refractivity contribution in [1.29, 1.82) is 0 Å². The molecule has 1 aliphatic rings. The summed E-state index contributed by atoms with van der Waals surface area (Å²) in [7, 11) is 0. The van der Waals surface area contributed by atoms with Crippen LogP contribution in [0.5, 0.6) is 5.75 Å². The smallest absolute Gasteiger partial charge is 0.410 e. The standard InChI is InChI=1S/C19H29NO2/c1-5-15-9-6-7-10-16(15)22-17(21)20-14-19(4)12-8-11-18(2,3)13-19/h6-7,9-10H,5,8,11-14H2,1-4H3,(H,20,21). The number of nitrogens with one attached hydrogen (secondary N) is 1. The molecular weight excluding hydrogens is 274 g/mol. The van der Waals surface area contributed by atoms with E-state index in [-0.39, 0.29) is 11.5 Å². The highest BCUT2D eigenvalue weighted by Crippen LogP contribution is 2.45. The van der Waals surface area contributed by atoms with Crippen molar-refractivity contribution in [3.05, 3.63) is 29.8 Å². The number of carbonyl (C=O) groups is 1. The van der Waals surface area contributed by atoms with Gasteiger partial charge in [-0.2, -0.15) is 0 Å². The third-order valence-corrected chi connectivity index (χ3v) is 4.75. The third kappa shape index (κ3) is 4.49. The maximum absolute atomic E-state index is 12.1. The summed E-state index contributed by atoms with van der Waals surface area (Å²) < 4.78 is 5.47. The van der Waals surface area contributed by atoms with Crippen LogP contribution in [0.2, 0.25) is 0 Å². The summed E-state index contributed by atoms with van der Waals surface area (Å²) in [6.45, 7) is 9.66. The fraction of sp³-hybridized carbons (Fsp3) is 0.632. The van der Waals surface area contributed by atoms with E-state index < -0.39 is 0 Å². The minimum absolute atomic E-state index is 0.172. The maximum atomic E-state index is 12.1. The number of rotatable bonds is 4. The van der Waals surface area contributed by atoms with Gasteiger partial charge in [0.1, 0.15) is 5.75 Å². The molecule has 1 aliphatic carbocycles. The second-order valence-electron chi connectivity index (χ2n) is 7.71. The molecule has 0 aromatic heterocycles. The van der Waals surface area contributed by atoms with Gasteiger partial charge in [0, 0.05) is 6.54 Å². The van der Waals surface area contributed by atoms with Gasteiger partial charge in [0.25, 0.3) is 0 Å². The van der Waals surface area contributed by atoms with Gasteiger partial charge in [-0.15, -0.1) is 0 Å². The van der Waals surface area contributed by atoms with E-state index in [0.717, 1.165) is 18.4 Å². The Hall–Kier alpha value is -1.51. The van der Waals surface area contributed by atoms with Crippen LogP contribution in [-0.2, 0) is 6.42 Å². The molecule has 1 N–H and O–H groups in total. The van der Waals surface area contributed by atoms with E-state index in [1.54, 1.807) is 0 Å². The lowest BCUT2D eigenvalue weighted by atomic mass is 9.64. The van der Waals surface area contributed by atoms with Gasteiger partial charge in [-0.3, -0.25) is 0 Å². The monoisotopic (exact) mass is 303 g/mol. The van der Waals surface area contributed by atoms with E-state index >= 15 is 0 Å². The zero-order valence-corrected chi connectivity index (χ0v) is 14.4. The molecule has 0 bridgehead atoms. The lowest BCUT2D eigenvalue weighted by Crippen LogP contribution is -2.41. The van der Waals surface area contributed by atoms with Crippen LogP contribution in [0.4, 0.5) is 4.79 Å². The molecule has 122 valence electrons. The van der Waals surface area contributed by atoms with Crippen molar-refractivity contribution < 1.29 is 9.53 Å². The van der Waals surface area contributed by atoms with Crippen molar-refractivity contribution in [3.8, 4) is 5.75 Å². The first-order valence-corrected chi connectivity index (χ1v) is 8.37. The van der Waals surface area contributed by atoms with Crippen LogP contribution in [-0.4, -0.2) is 12.6 Å². The number of amides is 1. The minimum Gasteiger partial charge on any atom is -0.410 e. The average Bonchev–Trinajstić information content (AvgIpc) is 2.44. The van der Waals surface area contributed by atoms with Crippen molar-refractivity contribution in [2.75, 3.05) is 6.54 Å². The predicted octanol–water partition coefficient (Wildman–Crippen LogP) is 4.94. The van der Waals surface area contributed by atoms with Gasteiger partial charge in [0.15, 0.2) is 0 Å². The highest BCUT2D eigenvalue weighted by Gasteiger charge is 2.36. The summed E-state index contributed by atoms with van der Waals surface area (Å²) in [6.07, 6.45) is 5.34. The van der Waals surface area contributed by atoms with Gasteiger partial charge >= 0.3 is 6.09 Å². The SMILES string of the molecule is CCc1ccccc1OC(=O)NCC1(C)CCCC(C)(C)C1. The summed E-state index contributed by atoms with van der Waals surface area (Å²) in [5.74, 6) is 0.664. The molecule has 1 aromatic carbocycles. The molecule has 2 rings (SSSR count). The maximum Gasteiger partial charge on any atom is 0.412 e. The van der Waals surface area contributed by atoms with Gasteiger partial charge in [-0.05, 0) is 48.1 Å². The van der Waals surface area contributed by atoms with Crippen LogP contribution in [0, 0.1) is 10.8 Å². The molecule has 0 radical (unpaired) electrons.